The SMILES string of the molecule is CN(C)CC(=O)NCCCCCCCCCCCCCCCCCCO. The molecule has 4 nitrogen and oxygen atoms in total. The highest BCUT2D eigenvalue weighted by Gasteiger charge is 2.01. The Kier molecular flexibility index (Phi) is 20.2. The number of nitrogens with one attached hydrogen (secondary N) is 1. The number of amides is 1. The Labute approximate surface area is 163 Å². The van der Waals surface area contributed by atoms with Crippen molar-refractivity contribution in [2.75, 3.05) is 33.8 Å². The van der Waals surface area contributed by atoms with Crippen molar-refractivity contribution >= 4 is 5.91 Å². The van der Waals surface area contributed by atoms with Crippen LogP contribution in [-0.4, -0.2) is 49.7 Å². The maximum absolute atomic E-state index is 11.5. The van der Waals surface area contributed by atoms with Crippen LogP contribution in [0.5, 0.6) is 0 Å². The second kappa shape index (κ2) is 20.7. The number of hydrogen-bond donors (Lipinski definition) is 2. The Morgan fingerprint density at radius 1 is 0.654 bits per heavy atom. The summed E-state index contributed by atoms with van der Waals surface area (Å²) in [4.78, 5) is 13.4. The summed E-state index contributed by atoms with van der Waals surface area (Å²) in [5.41, 5.74) is 0. The van der Waals surface area contributed by atoms with Gasteiger partial charge in [0.1, 0.15) is 0 Å². The highest BCUT2D eigenvalue weighted by atomic mass is 16.2. The van der Waals surface area contributed by atoms with E-state index in [4.69, 9.17) is 5.11 Å². The molecule has 0 aliphatic rings. The summed E-state index contributed by atoms with van der Waals surface area (Å²) in [5, 5.41) is 11.7. The predicted molar refractivity (Wildman–Crippen MR) is 113 cm³/mol. The van der Waals surface area contributed by atoms with Gasteiger partial charge in [0, 0.05) is 13.2 Å². The third kappa shape index (κ3) is 21.4. The van der Waals surface area contributed by atoms with Gasteiger partial charge in [0.2, 0.25) is 5.91 Å². The second-order valence-electron chi connectivity index (χ2n) is 7.97. The maximum Gasteiger partial charge on any atom is 0.234 e. The molecule has 0 aromatic rings. The van der Waals surface area contributed by atoms with Crippen LogP contribution in [-0.2, 0) is 4.79 Å². The fourth-order valence-corrected chi connectivity index (χ4v) is 3.28. The van der Waals surface area contributed by atoms with Gasteiger partial charge in [0.25, 0.3) is 0 Å². The molecule has 0 radical (unpaired) electrons. The molecular weight excluding hydrogens is 324 g/mol. The van der Waals surface area contributed by atoms with Gasteiger partial charge in [-0.3, -0.25) is 4.79 Å². The minimum Gasteiger partial charge on any atom is -0.396 e. The molecule has 0 aromatic heterocycles. The largest absolute Gasteiger partial charge is 0.396 e. The molecule has 0 saturated carbocycles. The molecule has 0 spiro atoms. The number of carbonyl (C=O) groups excluding carboxylic acids is 1. The molecule has 0 heterocycles. The summed E-state index contributed by atoms with van der Waals surface area (Å²) in [7, 11) is 3.84. The Bertz CT molecular complexity index is 296. The van der Waals surface area contributed by atoms with Gasteiger partial charge in [0.15, 0.2) is 0 Å². The normalized spacial score (nSPS) is 11.2. The van der Waals surface area contributed by atoms with E-state index >= 15 is 0 Å². The molecule has 156 valence electrons. The fraction of sp³-hybridized carbons (Fsp3) is 0.955. The quantitative estimate of drug-likeness (QED) is 0.300. The number of unbranched alkanes of at least 4 members (excludes halogenated alkanes) is 15. The van der Waals surface area contributed by atoms with Crippen molar-refractivity contribution in [1.82, 2.24) is 10.2 Å². The zero-order chi connectivity index (χ0) is 19.3. The maximum atomic E-state index is 11.5. The number of likely N-dealkylation sites (N-methyl/N-ethyl adjacent to an activating group) is 1. The monoisotopic (exact) mass is 370 g/mol. The first-order valence-electron chi connectivity index (χ1n) is 11.2. The minimum atomic E-state index is 0.136. The number of rotatable bonds is 20. The minimum absolute atomic E-state index is 0.136. The summed E-state index contributed by atoms with van der Waals surface area (Å²) >= 11 is 0. The van der Waals surface area contributed by atoms with Crippen LogP contribution in [0.2, 0.25) is 0 Å². The number of aliphatic hydroxyl groups excluding tert-OH is 1. The summed E-state index contributed by atoms with van der Waals surface area (Å²) < 4.78 is 0. The number of hydrogen-bond acceptors (Lipinski definition) is 3. The van der Waals surface area contributed by atoms with E-state index in [1.165, 1.54) is 89.9 Å². The number of nitrogens with zero attached hydrogens (tertiary/aromatic N) is 1. The first-order valence-corrected chi connectivity index (χ1v) is 11.2. The van der Waals surface area contributed by atoms with Crippen LogP contribution in [0.4, 0.5) is 0 Å². The predicted octanol–water partition coefficient (Wildman–Crippen LogP) is 4.90. The van der Waals surface area contributed by atoms with Gasteiger partial charge in [-0.1, -0.05) is 89.9 Å². The van der Waals surface area contributed by atoms with Gasteiger partial charge in [-0.25, -0.2) is 0 Å². The van der Waals surface area contributed by atoms with Crippen molar-refractivity contribution in [2.45, 2.75) is 103 Å². The molecule has 0 aliphatic carbocycles. The molecule has 0 saturated heterocycles. The average molecular weight is 371 g/mol. The van der Waals surface area contributed by atoms with Crippen LogP contribution in [0, 0.1) is 0 Å². The Morgan fingerprint density at radius 2 is 1.00 bits per heavy atom. The first kappa shape index (κ1) is 25.4. The van der Waals surface area contributed by atoms with E-state index in [-0.39, 0.29) is 5.91 Å². The fourth-order valence-electron chi connectivity index (χ4n) is 3.28. The molecule has 26 heavy (non-hydrogen) atoms. The van der Waals surface area contributed by atoms with Gasteiger partial charge >= 0.3 is 0 Å². The summed E-state index contributed by atoms with van der Waals surface area (Å²) in [6.45, 7) is 1.67. The topological polar surface area (TPSA) is 52.6 Å². The summed E-state index contributed by atoms with van der Waals surface area (Å²) in [6, 6.07) is 0. The van der Waals surface area contributed by atoms with Crippen molar-refractivity contribution in [3.05, 3.63) is 0 Å². The molecule has 0 aliphatic heterocycles. The van der Waals surface area contributed by atoms with Crippen LogP contribution < -0.4 is 5.32 Å². The zero-order valence-corrected chi connectivity index (χ0v) is 17.7. The number of carbonyl (C=O) groups is 1. The third-order valence-corrected chi connectivity index (χ3v) is 4.87. The van der Waals surface area contributed by atoms with Crippen molar-refractivity contribution in [3.8, 4) is 0 Å². The molecule has 0 aromatic carbocycles. The van der Waals surface area contributed by atoms with Gasteiger partial charge in [-0.2, -0.15) is 0 Å². The van der Waals surface area contributed by atoms with Crippen LogP contribution in [0.1, 0.15) is 103 Å². The lowest BCUT2D eigenvalue weighted by Crippen LogP contribution is -2.33. The molecule has 0 fully saturated rings. The van der Waals surface area contributed by atoms with E-state index in [0.717, 1.165) is 19.4 Å². The summed E-state index contributed by atoms with van der Waals surface area (Å²) in [6.07, 6.45) is 21.0. The Balaban J connectivity index is 3.06. The summed E-state index contributed by atoms with van der Waals surface area (Å²) in [5.74, 6) is 0.136. The third-order valence-electron chi connectivity index (χ3n) is 4.87. The van der Waals surface area contributed by atoms with Gasteiger partial charge in [-0.15, -0.1) is 0 Å². The first-order chi connectivity index (χ1) is 12.7. The molecule has 0 unspecified atom stereocenters. The lowest BCUT2D eigenvalue weighted by molar-refractivity contribution is -0.121. The highest BCUT2D eigenvalue weighted by molar-refractivity contribution is 5.77. The Hall–Kier alpha value is -0.610. The smallest absolute Gasteiger partial charge is 0.234 e. The van der Waals surface area contributed by atoms with Crippen LogP contribution in [0.25, 0.3) is 0 Å². The van der Waals surface area contributed by atoms with Crippen LogP contribution >= 0.6 is 0 Å². The van der Waals surface area contributed by atoms with Crippen molar-refractivity contribution < 1.29 is 9.90 Å². The molecule has 2 N–H and O–H groups in total. The van der Waals surface area contributed by atoms with E-state index < -0.39 is 0 Å². The van der Waals surface area contributed by atoms with E-state index in [2.05, 4.69) is 5.32 Å². The van der Waals surface area contributed by atoms with Gasteiger partial charge in [-0.05, 0) is 26.9 Å². The second-order valence-corrected chi connectivity index (χ2v) is 7.97. The van der Waals surface area contributed by atoms with Crippen LogP contribution in [0.15, 0.2) is 0 Å². The van der Waals surface area contributed by atoms with E-state index in [0.29, 0.717) is 13.2 Å². The van der Waals surface area contributed by atoms with E-state index in [1.54, 1.807) is 0 Å². The molecule has 4 heteroatoms. The van der Waals surface area contributed by atoms with Crippen LogP contribution in [0.3, 0.4) is 0 Å². The van der Waals surface area contributed by atoms with E-state index in [9.17, 15) is 4.79 Å². The lowest BCUT2D eigenvalue weighted by Gasteiger charge is -2.09. The number of aliphatic hydroxyl groups is 1. The van der Waals surface area contributed by atoms with Gasteiger partial charge in [0.05, 0.1) is 6.54 Å². The highest BCUT2D eigenvalue weighted by Crippen LogP contribution is 2.13. The molecule has 1 amide bonds. The molecular formula is C22H46N2O2. The lowest BCUT2D eigenvalue weighted by atomic mass is 10.0. The molecule has 0 atom stereocenters. The van der Waals surface area contributed by atoms with E-state index in [1.807, 2.05) is 19.0 Å². The van der Waals surface area contributed by atoms with Crippen molar-refractivity contribution in [2.24, 2.45) is 0 Å². The molecule has 0 rings (SSSR count). The Morgan fingerprint density at radius 3 is 1.35 bits per heavy atom. The standard InChI is InChI=1S/C22H46N2O2/c1-24(2)21-22(26)23-19-17-15-13-11-9-7-5-3-4-6-8-10-12-14-16-18-20-25/h25H,3-21H2,1-2H3,(H,23,26). The zero-order valence-electron chi connectivity index (χ0n) is 17.7. The molecule has 0 bridgehead atoms. The van der Waals surface area contributed by atoms with Crippen molar-refractivity contribution in [1.29, 1.82) is 0 Å². The van der Waals surface area contributed by atoms with Gasteiger partial charge < -0.3 is 15.3 Å². The van der Waals surface area contributed by atoms with Crippen molar-refractivity contribution in [3.63, 3.8) is 0 Å². The average Bonchev–Trinajstić information content (AvgIpc) is 2.60.